The third kappa shape index (κ3) is 1.88. The average Bonchev–Trinajstić information content (AvgIpc) is 3.02. The lowest BCUT2D eigenvalue weighted by Crippen LogP contribution is -2.21. The number of likely N-dealkylation sites (N-methyl/N-ethyl adjacent to an activating group) is 1. The maximum atomic E-state index is 11.8. The molecule has 1 aromatic heterocycles. The van der Waals surface area contributed by atoms with Gasteiger partial charge in [0.1, 0.15) is 5.82 Å². The van der Waals surface area contributed by atoms with Crippen molar-refractivity contribution in [2.45, 2.75) is 31.8 Å². The van der Waals surface area contributed by atoms with Gasteiger partial charge in [-0.15, -0.1) is 0 Å². The lowest BCUT2D eigenvalue weighted by molar-refractivity contribution is -0.117. The van der Waals surface area contributed by atoms with Crippen molar-refractivity contribution in [1.29, 1.82) is 0 Å². The van der Waals surface area contributed by atoms with Crippen LogP contribution in [0.25, 0.3) is 11.3 Å². The molecule has 3 heterocycles. The first-order valence-electron chi connectivity index (χ1n) is 7.36. The molecule has 0 fully saturated rings. The van der Waals surface area contributed by atoms with Gasteiger partial charge in [0, 0.05) is 31.0 Å². The van der Waals surface area contributed by atoms with Crippen LogP contribution in [-0.4, -0.2) is 22.5 Å². The Kier molecular flexibility index (Phi) is 2.65. The van der Waals surface area contributed by atoms with Crippen LogP contribution in [0.5, 0.6) is 0 Å². The number of carbonyl (C=O) groups excluding carboxylic acids is 1. The molecule has 1 amide bonds. The van der Waals surface area contributed by atoms with Crippen LogP contribution < -0.4 is 10.6 Å². The molecular formula is C16H18N4O. The smallest absolute Gasteiger partial charge is 0.231 e. The highest BCUT2D eigenvalue weighted by Gasteiger charge is 2.25. The van der Waals surface area contributed by atoms with Gasteiger partial charge in [-0.2, -0.15) is 0 Å². The minimum Gasteiger partial charge on any atom is -0.333 e. The number of hydrogen-bond acceptors (Lipinski definition) is 3. The summed E-state index contributed by atoms with van der Waals surface area (Å²) >= 11 is 0. The molecule has 0 radical (unpaired) electrons. The molecule has 0 saturated heterocycles. The summed E-state index contributed by atoms with van der Waals surface area (Å²) in [5.74, 6) is 1.12. The Hall–Kier alpha value is -2.14. The van der Waals surface area contributed by atoms with Gasteiger partial charge in [-0.25, -0.2) is 4.98 Å². The van der Waals surface area contributed by atoms with Gasteiger partial charge < -0.3 is 15.2 Å². The van der Waals surface area contributed by atoms with Crippen molar-refractivity contribution in [3.05, 3.63) is 35.8 Å². The number of amides is 1. The second-order valence-corrected chi connectivity index (χ2v) is 5.90. The first-order chi connectivity index (χ1) is 10.1. The van der Waals surface area contributed by atoms with E-state index < -0.39 is 0 Å². The second kappa shape index (κ2) is 4.43. The van der Waals surface area contributed by atoms with E-state index in [0.29, 0.717) is 6.42 Å². The van der Waals surface area contributed by atoms with Gasteiger partial charge in [0.15, 0.2) is 0 Å². The average molecular weight is 282 g/mol. The fourth-order valence-corrected chi connectivity index (χ4v) is 3.28. The standard InChI is InChI=1S/C16H18N4O/c1-19-14-5-4-10(7-11(14)8-15(19)21)13-9-20-6-2-3-12(17)16(20)18-13/h4-5,7,9,12H,2-3,6,8,17H2,1H3. The molecule has 108 valence electrons. The number of rotatable bonds is 1. The van der Waals surface area contributed by atoms with Crippen molar-refractivity contribution in [1.82, 2.24) is 9.55 Å². The monoisotopic (exact) mass is 282 g/mol. The van der Waals surface area contributed by atoms with E-state index in [1.165, 1.54) is 0 Å². The lowest BCUT2D eigenvalue weighted by atomic mass is 10.1. The second-order valence-electron chi connectivity index (χ2n) is 5.90. The molecule has 4 rings (SSSR count). The number of imidazole rings is 1. The molecule has 1 unspecified atom stereocenters. The highest BCUT2D eigenvalue weighted by molar-refractivity contribution is 6.01. The van der Waals surface area contributed by atoms with Gasteiger partial charge in [-0.3, -0.25) is 4.79 Å². The van der Waals surface area contributed by atoms with Crippen LogP contribution in [0.15, 0.2) is 24.4 Å². The minimum atomic E-state index is 0.0367. The predicted molar refractivity (Wildman–Crippen MR) is 80.9 cm³/mol. The molecule has 2 N–H and O–H groups in total. The van der Waals surface area contributed by atoms with E-state index in [1.807, 2.05) is 19.2 Å². The van der Waals surface area contributed by atoms with Crippen LogP contribution in [-0.2, 0) is 17.8 Å². The Morgan fingerprint density at radius 1 is 1.38 bits per heavy atom. The van der Waals surface area contributed by atoms with Crippen molar-refractivity contribution in [2.75, 3.05) is 11.9 Å². The van der Waals surface area contributed by atoms with Crippen LogP contribution in [0.1, 0.15) is 30.3 Å². The number of anilines is 1. The Bertz CT molecular complexity index is 734. The summed E-state index contributed by atoms with van der Waals surface area (Å²) in [4.78, 5) is 18.2. The van der Waals surface area contributed by atoms with Gasteiger partial charge in [0.2, 0.25) is 5.91 Å². The largest absolute Gasteiger partial charge is 0.333 e. The summed E-state index contributed by atoms with van der Waals surface area (Å²) in [6.07, 6.45) is 4.66. The molecule has 21 heavy (non-hydrogen) atoms. The lowest BCUT2D eigenvalue weighted by Gasteiger charge is -2.19. The van der Waals surface area contributed by atoms with Crippen molar-refractivity contribution >= 4 is 11.6 Å². The quantitative estimate of drug-likeness (QED) is 0.868. The minimum absolute atomic E-state index is 0.0367. The zero-order chi connectivity index (χ0) is 14.6. The zero-order valence-corrected chi connectivity index (χ0v) is 12.0. The van der Waals surface area contributed by atoms with Crippen molar-refractivity contribution < 1.29 is 4.79 Å². The molecule has 0 saturated carbocycles. The number of fused-ring (bicyclic) bond motifs is 2. The number of aryl methyl sites for hydroxylation is 1. The first-order valence-corrected chi connectivity index (χ1v) is 7.36. The molecule has 2 aliphatic rings. The van der Waals surface area contributed by atoms with Crippen LogP contribution >= 0.6 is 0 Å². The molecule has 5 nitrogen and oxygen atoms in total. The fourth-order valence-electron chi connectivity index (χ4n) is 3.28. The van der Waals surface area contributed by atoms with E-state index >= 15 is 0 Å². The number of carbonyl (C=O) groups is 1. The number of nitrogens with zero attached hydrogens (tertiary/aromatic N) is 3. The molecule has 1 atom stereocenters. The van der Waals surface area contributed by atoms with E-state index in [9.17, 15) is 4.79 Å². The molecule has 1 aromatic carbocycles. The molecule has 0 aliphatic carbocycles. The molecule has 2 aromatic rings. The summed E-state index contributed by atoms with van der Waals surface area (Å²) in [6.45, 7) is 0.988. The number of aromatic nitrogens is 2. The summed E-state index contributed by atoms with van der Waals surface area (Å²) in [6, 6.07) is 6.16. The SMILES string of the molecule is CN1C(=O)Cc2cc(-c3cn4c(n3)C(N)CCC4)ccc21. The maximum absolute atomic E-state index is 11.8. The van der Waals surface area contributed by atoms with Crippen molar-refractivity contribution in [2.24, 2.45) is 5.73 Å². The molecule has 0 spiro atoms. The summed E-state index contributed by atoms with van der Waals surface area (Å²) < 4.78 is 2.16. The zero-order valence-electron chi connectivity index (χ0n) is 12.0. The molecule has 2 aliphatic heterocycles. The summed E-state index contributed by atoms with van der Waals surface area (Å²) in [5.41, 5.74) is 10.2. The van der Waals surface area contributed by atoms with Gasteiger partial charge in [-0.05, 0) is 30.5 Å². The topological polar surface area (TPSA) is 64.2 Å². The van der Waals surface area contributed by atoms with Gasteiger partial charge in [0.25, 0.3) is 0 Å². The molecule has 0 bridgehead atoms. The Balaban J connectivity index is 1.75. The van der Waals surface area contributed by atoms with E-state index in [0.717, 1.165) is 47.7 Å². The normalized spacial score (nSPS) is 20.6. The Morgan fingerprint density at radius 2 is 2.24 bits per heavy atom. The van der Waals surface area contributed by atoms with Crippen molar-refractivity contribution in [3.63, 3.8) is 0 Å². The summed E-state index contributed by atoms with van der Waals surface area (Å²) in [7, 11) is 1.82. The molecule has 5 heteroatoms. The third-order valence-electron chi connectivity index (χ3n) is 4.51. The first kappa shape index (κ1) is 12.6. The van der Waals surface area contributed by atoms with Crippen LogP contribution in [0.4, 0.5) is 5.69 Å². The van der Waals surface area contributed by atoms with Crippen LogP contribution in [0.3, 0.4) is 0 Å². The Labute approximate surface area is 123 Å². The van der Waals surface area contributed by atoms with E-state index in [2.05, 4.69) is 16.8 Å². The number of hydrogen-bond donors (Lipinski definition) is 1. The maximum Gasteiger partial charge on any atom is 0.231 e. The van der Waals surface area contributed by atoms with E-state index in [-0.39, 0.29) is 11.9 Å². The van der Waals surface area contributed by atoms with E-state index in [1.54, 1.807) is 4.90 Å². The third-order valence-corrected chi connectivity index (χ3v) is 4.51. The van der Waals surface area contributed by atoms with Gasteiger partial charge in [-0.1, -0.05) is 6.07 Å². The van der Waals surface area contributed by atoms with Crippen LogP contribution in [0.2, 0.25) is 0 Å². The highest BCUT2D eigenvalue weighted by atomic mass is 16.2. The fraction of sp³-hybridized carbons (Fsp3) is 0.375. The van der Waals surface area contributed by atoms with E-state index in [4.69, 9.17) is 10.7 Å². The van der Waals surface area contributed by atoms with Crippen LogP contribution in [0, 0.1) is 0 Å². The number of benzene rings is 1. The molecular weight excluding hydrogens is 264 g/mol. The van der Waals surface area contributed by atoms with Crippen molar-refractivity contribution in [3.8, 4) is 11.3 Å². The highest BCUT2D eigenvalue weighted by Crippen LogP contribution is 2.33. The number of nitrogens with two attached hydrogens (primary N) is 1. The summed E-state index contributed by atoms with van der Waals surface area (Å²) in [5, 5.41) is 0. The van der Waals surface area contributed by atoms with Gasteiger partial charge >= 0.3 is 0 Å². The predicted octanol–water partition coefficient (Wildman–Crippen LogP) is 1.86. The van der Waals surface area contributed by atoms with Gasteiger partial charge in [0.05, 0.1) is 18.2 Å². The Morgan fingerprint density at radius 3 is 3.05 bits per heavy atom.